The van der Waals surface area contributed by atoms with Gasteiger partial charge in [-0.05, 0) is 0 Å². The van der Waals surface area contributed by atoms with Crippen LogP contribution in [-0.4, -0.2) is 10.9 Å². The van der Waals surface area contributed by atoms with Crippen LogP contribution in [0.15, 0.2) is 119 Å². The Labute approximate surface area is 337 Å². The van der Waals surface area contributed by atoms with Gasteiger partial charge in [-0.25, -0.2) is 34.4 Å². The van der Waals surface area contributed by atoms with Crippen molar-refractivity contribution in [3.8, 4) is 0 Å². The second kappa shape index (κ2) is 28.8. The van der Waals surface area contributed by atoms with Gasteiger partial charge in [0.15, 0.2) is 0 Å². The van der Waals surface area contributed by atoms with Crippen LogP contribution in [0.4, 0.5) is 0 Å². The summed E-state index contributed by atoms with van der Waals surface area (Å²) in [7, 11) is 0. The van der Waals surface area contributed by atoms with Gasteiger partial charge in [-0.1, -0.05) is 100 Å². The molecule has 0 fully saturated rings. The Morgan fingerprint density at radius 2 is 0.854 bits per heavy atom. The summed E-state index contributed by atoms with van der Waals surface area (Å²) in [5.41, 5.74) is 11.0. The normalized spacial score (nSPS) is 17.3. The summed E-state index contributed by atoms with van der Waals surface area (Å²) in [4.78, 5) is 0. The van der Waals surface area contributed by atoms with Crippen LogP contribution in [0.5, 0.6) is 0 Å². The molecule has 0 radical (unpaired) electrons. The molecule has 2 aromatic carbocycles. The van der Waals surface area contributed by atoms with Crippen molar-refractivity contribution in [1.29, 1.82) is 0 Å². The Kier molecular flexibility index (Phi) is 29.5. The van der Waals surface area contributed by atoms with E-state index in [1.54, 1.807) is 46.7 Å². The third-order valence-electron chi connectivity index (χ3n) is 6.68. The van der Waals surface area contributed by atoms with Crippen LogP contribution < -0.4 is 24.8 Å². The van der Waals surface area contributed by atoms with E-state index in [9.17, 15) is 0 Å². The molecular formula is C42H52Cl2Si2Zr2-2. The topological polar surface area (TPSA) is 0 Å². The van der Waals surface area contributed by atoms with Gasteiger partial charge >= 0.3 is 83.7 Å². The Hall–Kier alpha value is -0.860. The summed E-state index contributed by atoms with van der Waals surface area (Å²) in [6, 6.07) is 20.8. The largest absolute Gasteiger partial charge is 1.00 e. The van der Waals surface area contributed by atoms with Crippen molar-refractivity contribution in [1.82, 2.24) is 0 Å². The fourth-order valence-corrected chi connectivity index (χ4v) is 4.45. The van der Waals surface area contributed by atoms with Gasteiger partial charge in [0.05, 0.1) is 0 Å². The summed E-state index contributed by atoms with van der Waals surface area (Å²) in [5.74, 6) is 1.10. The third-order valence-corrected chi connectivity index (χ3v) is 6.68. The summed E-state index contributed by atoms with van der Waals surface area (Å²) >= 11 is 3.48. The Morgan fingerprint density at radius 1 is 0.562 bits per heavy atom. The Bertz CT molecular complexity index is 1350. The molecule has 0 amide bonds. The molecule has 4 aliphatic rings. The Balaban J connectivity index is 0. The number of rotatable bonds is 2. The van der Waals surface area contributed by atoms with Crippen molar-refractivity contribution in [3.05, 3.63) is 155 Å². The molecule has 0 saturated carbocycles. The van der Waals surface area contributed by atoms with Gasteiger partial charge in [-0.15, -0.1) is 37.8 Å². The van der Waals surface area contributed by atoms with Gasteiger partial charge in [-0.2, -0.15) is 35.5 Å². The van der Waals surface area contributed by atoms with Crippen molar-refractivity contribution in [2.75, 3.05) is 0 Å². The quantitative estimate of drug-likeness (QED) is 0.261. The van der Waals surface area contributed by atoms with Gasteiger partial charge in [0.2, 0.25) is 0 Å². The van der Waals surface area contributed by atoms with Crippen LogP contribution in [0.25, 0.3) is 11.1 Å². The average molecular weight is 866 g/mol. The number of allylic oxidation sites excluding steroid dienone is 16. The maximum absolute atomic E-state index is 3.29. The Morgan fingerprint density at radius 3 is 1.02 bits per heavy atom. The van der Waals surface area contributed by atoms with Crippen LogP contribution in [0.3, 0.4) is 0 Å². The standard InChI is InChI=1S/2C11H9.2C8H11.2C2H6Si.2ClH.2Zr/c2*1-2-6-10(7-3-1)11-8-4-5-9-11;2*1-6-4-7(2)8(3)5-6;2*1-3-2;;;;/h2*1-3,6-9H,4H2;2*4,6H,1-3H3;2*1-2H3;2*1H;;/q4*-1;;;;;2*+2/p-2. The van der Waals surface area contributed by atoms with Crippen LogP contribution in [0.1, 0.15) is 65.5 Å². The molecule has 252 valence electrons. The van der Waals surface area contributed by atoms with E-state index in [2.05, 4.69) is 177 Å². The van der Waals surface area contributed by atoms with Crippen molar-refractivity contribution in [2.24, 2.45) is 11.8 Å². The minimum Gasteiger partial charge on any atom is -1.00 e. The third kappa shape index (κ3) is 23.5. The van der Waals surface area contributed by atoms with Crippen LogP contribution in [0, 0.1) is 36.1 Å². The summed E-state index contributed by atoms with van der Waals surface area (Å²) in [5, 5.41) is 0. The molecule has 2 unspecified atom stereocenters. The van der Waals surface area contributed by atoms with E-state index in [1.165, 1.54) is 44.6 Å². The zero-order chi connectivity index (χ0) is 34.5. The molecule has 0 heterocycles. The van der Waals surface area contributed by atoms with Gasteiger partial charge in [0.25, 0.3) is 0 Å². The molecular weight excluding hydrogens is 814 g/mol. The molecule has 2 atom stereocenters. The summed E-state index contributed by atoms with van der Waals surface area (Å²) < 4.78 is 0. The van der Waals surface area contributed by atoms with E-state index in [0.717, 1.165) is 12.8 Å². The maximum Gasteiger partial charge on any atom is -0.0623 e. The summed E-state index contributed by atoms with van der Waals surface area (Å²) in [6.45, 7) is 22.0. The number of benzene rings is 2. The monoisotopic (exact) mass is 862 g/mol. The van der Waals surface area contributed by atoms with Crippen LogP contribution in [-0.2, 0) is 46.7 Å². The second-order valence-electron chi connectivity index (χ2n) is 12.0. The van der Waals surface area contributed by atoms with Crippen molar-refractivity contribution in [2.45, 2.75) is 80.6 Å². The first-order valence-electron chi connectivity index (χ1n) is 16.1. The van der Waals surface area contributed by atoms with Gasteiger partial charge in [0.1, 0.15) is 0 Å². The first kappa shape index (κ1) is 49.3. The van der Waals surface area contributed by atoms with E-state index < -0.39 is 0 Å². The molecule has 0 saturated heterocycles. The van der Waals surface area contributed by atoms with Crippen molar-refractivity contribution >= 4 is 22.0 Å². The molecule has 0 spiro atoms. The summed E-state index contributed by atoms with van der Waals surface area (Å²) in [6.07, 6.45) is 27.8. The van der Waals surface area contributed by atoms with E-state index in [4.69, 9.17) is 0 Å². The van der Waals surface area contributed by atoms with Crippen molar-refractivity contribution < 1.29 is 71.5 Å². The van der Waals surface area contributed by atoms with E-state index in [0.29, 0.717) is 11.8 Å². The van der Waals surface area contributed by atoms with E-state index in [1.807, 2.05) is 12.1 Å². The predicted molar refractivity (Wildman–Crippen MR) is 199 cm³/mol. The molecule has 0 N–H and O–H groups in total. The molecule has 0 aromatic heterocycles. The molecule has 6 rings (SSSR count). The van der Waals surface area contributed by atoms with Gasteiger partial charge in [-0.3, -0.25) is 24.3 Å². The minimum atomic E-state index is 0. The maximum atomic E-state index is 3.29. The van der Waals surface area contributed by atoms with Gasteiger partial charge < -0.3 is 24.8 Å². The van der Waals surface area contributed by atoms with E-state index >= 15 is 0 Å². The number of hydrogen-bond donors (Lipinski definition) is 0. The molecule has 0 bridgehead atoms. The number of hydrogen-bond acceptors (Lipinski definition) is 0. The van der Waals surface area contributed by atoms with Gasteiger partial charge in [0, 0.05) is 0 Å². The van der Waals surface area contributed by atoms with E-state index in [-0.39, 0.29) is 35.7 Å². The molecule has 6 heteroatoms. The molecule has 0 aliphatic heterocycles. The molecule has 2 aromatic rings. The average Bonchev–Trinajstić information content (AvgIpc) is 3.81. The van der Waals surface area contributed by atoms with Crippen molar-refractivity contribution in [3.63, 3.8) is 0 Å². The molecule has 4 aliphatic carbocycles. The predicted octanol–water partition coefficient (Wildman–Crippen LogP) is 5.91. The fraction of sp³-hybridized carbons (Fsp3) is 0.333. The zero-order valence-corrected chi connectivity index (χ0v) is 39.0. The first-order chi connectivity index (χ1) is 21.8. The zero-order valence-electron chi connectivity index (χ0n) is 30.6. The second-order valence-corrected chi connectivity index (χ2v) is 30.7. The molecule has 48 heavy (non-hydrogen) atoms. The van der Waals surface area contributed by atoms with Crippen LogP contribution >= 0.6 is 0 Å². The molecule has 0 nitrogen and oxygen atoms in total. The minimum absolute atomic E-state index is 0. The van der Waals surface area contributed by atoms with Crippen LogP contribution in [0.2, 0.25) is 26.2 Å². The number of halogens is 2. The fourth-order valence-electron chi connectivity index (χ4n) is 4.45. The first-order valence-corrected chi connectivity index (χ1v) is 28.4. The smallest absolute Gasteiger partial charge is 0.0623 e. The SMILES string of the molecule is CC1=[C-]C(C)C=C1C.CC1=[C-]C(C)C=C1C.C[Si](C)=[Zr+2].C[Si](C)=[Zr+2].[C-]1=CC(c2ccccc2)=CC1.[C-]1=CC(c2ccccc2)=CC1.[Cl-].[Cl-].